The minimum absolute atomic E-state index is 0.104. The highest BCUT2D eigenvalue weighted by Crippen LogP contribution is 2.25. The number of carbonyl (C=O) groups is 1. The van der Waals surface area contributed by atoms with Gasteiger partial charge in [-0.1, -0.05) is 0 Å². The number of aryl methyl sites for hydroxylation is 1. The van der Waals surface area contributed by atoms with Crippen molar-refractivity contribution in [1.82, 2.24) is 4.98 Å². The third kappa shape index (κ3) is 1.82. The Morgan fingerprint density at radius 2 is 2.36 bits per heavy atom. The van der Waals surface area contributed by atoms with E-state index in [4.69, 9.17) is 9.68 Å². The van der Waals surface area contributed by atoms with E-state index in [1.54, 1.807) is 20.8 Å². The number of ketones is 1. The average Bonchev–Trinajstić information content (AvgIpc) is 2.52. The molecule has 4 nitrogen and oxygen atoms in total. The minimum atomic E-state index is -0.767. The third-order valence-corrected chi connectivity index (χ3v) is 2.17. The van der Waals surface area contributed by atoms with Gasteiger partial charge in [0, 0.05) is 6.92 Å². The van der Waals surface area contributed by atoms with Crippen LogP contribution in [0, 0.1) is 18.3 Å². The Morgan fingerprint density at radius 1 is 1.71 bits per heavy atom. The van der Waals surface area contributed by atoms with Crippen molar-refractivity contribution in [3.63, 3.8) is 0 Å². The molecular formula is C10H12N2O2. The number of nitriles is 1. The summed E-state index contributed by atoms with van der Waals surface area (Å²) >= 11 is 0. The van der Waals surface area contributed by atoms with Crippen LogP contribution >= 0.6 is 0 Å². The average molecular weight is 192 g/mol. The summed E-state index contributed by atoms with van der Waals surface area (Å²) in [7, 11) is 0. The van der Waals surface area contributed by atoms with E-state index < -0.39 is 5.41 Å². The number of rotatable bonds is 3. The lowest BCUT2D eigenvalue weighted by Gasteiger charge is -2.17. The molecule has 0 unspecified atom stereocenters. The summed E-state index contributed by atoms with van der Waals surface area (Å²) < 4.78 is 5.27. The van der Waals surface area contributed by atoms with Crippen LogP contribution in [0.5, 0.6) is 0 Å². The molecule has 74 valence electrons. The fourth-order valence-electron chi connectivity index (χ4n) is 1.08. The highest BCUT2D eigenvalue weighted by molar-refractivity contribution is 5.90. The second-order valence-electron chi connectivity index (χ2n) is 3.63. The molecule has 1 heterocycles. The molecule has 1 rings (SSSR count). The Morgan fingerprint density at radius 3 is 2.79 bits per heavy atom. The lowest BCUT2D eigenvalue weighted by atomic mass is 9.84. The van der Waals surface area contributed by atoms with Crippen LogP contribution in [0.15, 0.2) is 10.6 Å². The molecule has 0 spiro atoms. The molecule has 0 saturated heterocycles. The number of Topliss-reactive ketones (excluding diaryl/α,β-unsaturated/α-hetero) is 1. The Balaban J connectivity index is 2.96. The van der Waals surface area contributed by atoms with Gasteiger partial charge in [0.05, 0.1) is 24.1 Å². The van der Waals surface area contributed by atoms with Crippen LogP contribution in [0.25, 0.3) is 0 Å². The predicted octanol–water partition coefficient (Wildman–Crippen LogP) is 1.74. The van der Waals surface area contributed by atoms with Crippen molar-refractivity contribution in [1.29, 1.82) is 5.26 Å². The molecule has 1 aromatic rings. The van der Waals surface area contributed by atoms with Crippen molar-refractivity contribution >= 4 is 5.78 Å². The number of carbonyl (C=O) groups excluding carboxylic acids is 1. The first-order valence-electron chi connectivity index (χ1n) is 4.31. The summed E-state index contributed by atoms with van der Waals surface area (Å²) in [6.45, 7) is 5.17. The van der Waals surface area contributed by atoms with Gasteiger partial charge < -0.3 is 4.42 Å². The van der Waals surface area contributed by atoms with E-state index in [1.165, 1.54) is 6.20 Å². The molecule has 0 aliphatic carbocycles. The third-order valence-electron chi connectivity index (χ3n) is 2.17. The first-order valence-corrected chi connectivity index (χ1v) is 4.31. The largest absolute Gasteiger partial charge is 0.445 e. The van der Waals surface area contributed by atoms with Gasteiger partial charge in [0.15, 0.2) is 11.7 Å². The van der Waals surface area contributed by atoms with Crippen LogP contribution in [0.3, 0.4) is 0 Å². The maximum absolute atomic E-state index is 11.6. The van der Waals surface area contributed by atoms with Crippen LogP contribution in [0.1, 0.15) is 31.9 Å². The van der Waals surface area contributed by atoms with Crippen LogP contribution in [0.4, 0.5) is 0 Å². The maximum Gasteiger partial charge on any atom is 0.191 e. The lowest BCUT2D eigenvalue weighted by molar-refractivity contribution is -0.123. The first-order chi connectivity index (χ1) is 6.48. The lowest BCUT2D eigenvalue weighted by Crippen LogP contribution is -2.28. The van der Waals surface area contributed by atoms with Crippen molar-refractivity contribution in [3.05, 3.63) is 17.8 Å². The fraction of sp³-hybridized carbons (Fsp3) is 0.500. The molecule has 0 bridgehead atoms. The van der Waals surface area contributed by atoms with E-state index in [2.05, 4.69) is 4.98 Å². The Kier molecular flexibility index (Phi) is 2.70. The molecule has 0 aliphatic rings. The molecule has 0 amide bonds. The second kappa shape index (κ2) is 3.62. The van der Waals surface area contributed by atoms with Gasteiger partial charge in [0.25, 0.3) is 0 Å². The quantitative estimate of drug-likeness (QED) is 0.731. The van der Waals surface area contributed by atoms with Crippen molar-refractivity contribution in [2.45, 2.75) is 32.6 Å². The predicted molar refractivity (Wildman–Crippen MR) is 49.5 cm³/mol. The van der Waals surface area contributed by atoms with Gasteiger partial charge >= 0.3 is 0 Å². The van der Waals surface area contributed by atoms with Gasteiger partial charge in [-0.3, -0.25) is 4.79 Å². The van der Waals surface area contributed by atoms with Crippen molar-refractivity contribution in [2.24, 2.45) is 0 Å². The normalized spacial score (nSPS) is 11.0. The van der Waals surface area contributed by atoms with Crippen molar-refractivity contribution in [3.8, 4) is 6.07 Å². The Hall–Kier alpha value is -1.63. The van der Waals surface area contributed by atoms with Gasteiger partial charge in [-0.05, 0) is 13.8 Å². The Bertz CT molecular complexity index is 385. The van der Waals surface area contributed by atoms with Crippen LogP contribution in [0.2, 0.25) is 0 Å². The van der Waals surface area contributed by atoms with Crippen LogP contribution < -0.4 is 0 Å². The van der Waals surface area contributed by atoms with Crippen molar-refractivity contribution in [2.75, 3.05) is 0 Å². The number of nitrogens with zero attached hydrogens (tertiary/aromatic N) is 2. The molecule has 0 fully saturated rings. The monoisotopic (exact) mass is 192 g/mol. The summed E-state index contributed by atoms with van der Waals surface area (Å²) in [5, 5.41) is 8.44. The van der Waals surface area contributed by atoms with Gasteiger partial charge in [0.1, 0.15) is 5.76 Å². The highest BCUT2D eigenvalue weighted by Gasteiger charge is 2.32. The van der Waals surface area contributed by atoms with Gasteiger partial charge in [-0.2, -0.15) is 5.26 Å². The standard InChI is InChI=1S/C10H12N2O2/c1-7-12-6-9(14-7)10(2,3)8(13)4-5-11/h6H,4H2,1-3H3. The molecule has 0 atom stereocenters. The van der Waals surface area contributed by atoms with Gasteiger partial charge in [-0.15, -0.1) is 0 Å². The summed E-state index contributed by atoms with van der Waals surface area (Å²) in [5.41, 5.74) is -0.767. The van der Waals surface area contributed by atoms with E-state index >= 15 is 0 Å². The Labute approximate surface area is 82.6 Å². The second-order valence-corrected chi connectivity index (χ2v) is 3.63. The van der Waals surface area contributed by atoms with Crippen molar-refractivity contribution < 1.29 is 9.21 Å². The number of aromatic nitrogens is 1. The smallest absolute Gasteiger partial charge is 0.191 e. The topological polar surface area (TPSA) is 66.9 Å². The highest BCUT2D eigenvalue weighted by atomic mass is 16.4. The van der Waals surface area contributed by atoms with E-state index in [0.717, 1.165) is 0 Å². The zero-order valence-electron chi connectivity index (χ0n) is 8.50. The minimum Gasteiger partial charge on any atom is -0.445 e. The maximum atomic E-state index is 11.6. The first kappa shape index (κ1) is 10.5. The number of hydrogen-bond donors (Lipinski definition) is 0. The molecule has 4 heteroatoms. The fourth-order valence-corrected chi connectivity index (χ4v) is 1.08. The summed E-state index contributed by atoms with van der Waals surface area (Å²) in [4.78, 5) is 15.5. The van der Waals surface area contributed by atoms with E-state index in [-0.39, 0.29) is 12.2 Å². The van der Waals surface area contributed by atoms with E-state index in [0.29, 0.717) is 11.7 Å². The molecule has 14 heavy (non-hydrogen) atoms. The molecule has 0 radical (unpaired) electrons. The molecule has 1 aromatic heterocycles. The van der Waals surface area contributed by atoms with E-state index in [9.17, 15) is 4.79 Å². The molecular weight excluding hydrogens is 180 g/mol. The summed E-state index contributed by atoms with van der Waals surface area (Å²) in [6.07, 6.45) is 1.43. The summed E-state index contributed by atoms with van der Waals surface area (Å²) in [6, 6.07) is 1.84. The zero-order chi connectivity index (χ0) is 10.8. The molecule has 0 aromatic carbocycles. The van der Waals surface area contributed by atoms with E-state index in [1.807, 2.05) is 6.07 Å². The summed E-state index contributed by atoms with van der Waals surface area (Å²) in [5.74, 6) is 0.879. The molecule has 0 N–H and O–H groups in total. The van der Waals surface area contributed by atoms with Gasteiger partial charge in [-0.25, -0.2) is 4.98 Å². The SMILES string of the molecule is Cc1ncc(C(C)(C)C(=O)CC#N)o1. The van der Waals surface area contributed by atoms with Gasteiger partial charge in [0.2, 0.25) is 0 Å². The molecule has 0 aliphatic heterocycles. The number of oxazole rings is 1. The van der Waals surface area contributed by atoms with Crippen LogP contribution in [-0.2, 0) is 10.2 Å². The zero-order valence-corrected chi connectivity index (χ0v) is 8.50. The molecule has 0 saturated carbocycles. The van der Waals surface area contributed by atoms with Crippen LogP contribution in [-0.4, -0.2) is 10.8 Å². The number of hydrogen-bond acceptors (Lipinski definition) is 4.